The summed E-state index contributed by atoms with van der Waals surface area (Å²) in [5.74, 6) is 1.70. The lowest BCUT2D eigenvalue weighted by atomic mass is 10.1. The van der Waals surface area contributed by atoms with E-state index in [1.54, 1.807) is 4.57 Å². The molecule has 0 saturated heterocycles. The van der Waals surface area contributed by atoms with Gasteiger partial charge in [-0.15, -0.1) is 0 Å². The van der Waals surface area contributed by atoms with Crippen LogP contribution in [-0.2, 0) is 0 Å². The van der Waals surface area contributed by atoms with Gasteiger partial charge in [-0.3, -0.25) is 9.36 Å². The summed E-state index contributed by atoms with van der Waals surface area (Å²) in [7, 11) is 0. The number of aromatic nitrogens is 5. The molecule has 0 N–H and O–H groups in total. The first-order chi connectivity index (χ1) is 20.8. The Kier molecular flexibility index (Phi) is 5.50. The maximum Gasteiger partial charge on any atom is 0.279 e. The number of para-hydroxylation sites is 3. The van der Waals surface area contributed by atoms with Crippen molar-refractivity contribution in [3.05, 3.63) is 150 Å². The molecule has 198 valence electrons. The summed E-state index contributed by atoms with van der Waals surface area (Å²) in [6, 6.07) is 45.6. The van der Waals surface area contributed by atoms with E-state index in [1.807, 2.05) is 140 Å². The van der Waals surface area contributed by atoms with Crippen LogP contribution < -0.4 is 5.56 Å². The second-order valence-electron chi connectivity index (χ2n) is 10.1. The number of rotatable bonds is 4. The minimum absolute atomic E-state index is 0.0901. The van der Waals surface area contributed by atoms with Crippen molar-refractivity contribution in [1.82, 2.24) is 23.9 Å². The molecule has 0 fully saturated rings. The van der Waals surface area contributed by atoms with E-state index >= 15 is 0 Å². The molecule has 6 heteroatoms. The fraction of sp³-hybridized carbons (Fsp3) is 0. The van der Waals surface area contributed by atoms with Crippen LogP contribution in [0.1, 0.15) is 0 Å². The standard InChI is InChI=1S/C36H23N5O/c42-36-31-23-26-17-10-11-21-29(26)41(31)32-28(20-12-22-30(32)40(36)27-18-8-3-9-19-27)35-38-33(24-13-4-1-5-14-24)37-34(39-35)25-15-6-2-7-16-25/h1-23H. The molecule has 0 bridgehead atoms. The molecule has 8 aromatic rings. The first-order valence-electron chi connectivity index (χ1n) is 13.8. The van der Waals surface area contributed by atoms with Crippen molar-refractivity contribution < 1.29 is 0 Å². The minimum Gasteiger partial charge on any atom is -0.302 e. The summed E-state index contributed by atoms with van der Waals surface area (Å²) in [4.78, 5) is 29.1. The Hall–Kier alpha value is -5.88. The third-order valence-electron chi connectivity index (χ3n) is 7.57. The van der Waals surface area contributed by atoms with Gasteiger partial charge in [0.15, 0.2) is 17.5 Å². The van der Waals surface area contributed by atoms with Crippen LogP contribution in [0.3, 0.4) is 0 Å². The molecule has 0 unspecified atom stereocenters. The maximum atomic E-state index is 14.1. The summed E-state index contributed by atoms with van der Waals surface area (Å²) in [6.45, 7) is 0. The Bertz CT molecular complexity index is 2250. The molecular weight excluding hydrogens is 518 g/mol. The molecule has 3 heterocycles. The predicted molar refractivity (Wildman–Crippen MR) is 168 cm³/mol. The highest BCUT2D eigenvalue weighted by Gasteiger charge is 2.21. The van der Waals surface area contributed by atoms with Crippen molar-refractivity contribution in [2.75, 3.05) is 0 Å². The fourth-order valence-corrected chi connectivity index (χ4v) is 5.67. The van der Waals surface area contributed by atoms with Crippen molar-refractivity contribution in [3.63, 3.8) is 0 Å². The third kappa shape index (κ3) is 3.81. The van der Waals surface area contributed by atoms with E-state index in [1.165, 1.54) is 0 Å². The van der Waals surface area contributed by atoms with Gasteiger partial charge in [0, 0.05) is 27.8 Å². The summed E-state index contributed by atoms with van der Waals surface area (Å²) in [5, 5.41) is 0.988. The van der Waals surface area contributed by atoms with E-state index in [0.29, 0.717) is 23.0 Å². The van der Waals surface area contributed by atoms with Crippen LogP contribution in [-0.4, -0.2) is 23.9 Å². The van der Waals surface area contributed by atoms with Gasteiger partial charge in [-0.2, -0.15) is 0 Å². The molecule has 0 atom stereocenters. The molecule has 5 aromatic carbocycles. The van der Waals surface area contributed by atoms with Crippen molar-refractivity contribution in [2.45, 2.75) is 0 Å². The van der Waals surface area contributed by atoms with E-state index in [0.717, 1.165) is 44.3 Å². The lowest BCUT2D eigenvalue weighted by Gasteiger charge is -2.16. The summed E-state index contributed by atoms with van der Waals surface area (Å²) in [5.41, 5.74) is 6.45. The molecule has 3 aromatic heterocycles. The highest BCUT2D eigenvalue weighted by Crippen LogP contribution is 2.33. The van der Waals surface area contributed by atoms with E-state index in [-0.39, 0.29) is 5.56 Å². The topological polar surface area (TPSA) is 65.1 Å². The monoisotopic (exact) mass is 541 g/mol. The SMILES string of the molecule is O=c1c2cc3ccccc3n2c2c(-c3nc(-c4ccccc4)nc(-c4ccccc4)n3)cccc2n1-c1ccccc1. The van der Waals surface area contributed by atoms with Gasteiger partial charge in [-0.1, -0.05) is 103 Å². The van der Waals surface area contributed by atoms with Crippen LogP contribution in [0.25, 0.3) is 67.3 Å². The maximum absolute atomic E-state index is 14.1. The lowest BCUT2D eigenvalue weighted by Crippen LogP contribution is -2.21. The van der Waals surface area contributed by atoms with Crippen LogP contribution in [0.4, 0.5) is 0 Å². The Balaban J connectivity index is 1.53. The van der Waals surface area contributed by atoms with Gasteiger partial charge in [-0.05, 0) is 36.4 Å². The van der Waals surface area contributed by atoms with E-state index in [9.17, 15) is 4.79 Å². The number of benzene rings is 5. The lowest BCUT2D eigenvalue weighted by molar-refractivity contribution is 1.03. The van der Waals surface area contributed by atoms with Gasteiger partial charge in [0.2, 0.25) is 0 Å². The molecule has 42 heavy (non-hydrogen) atoms. The van der Waals surface area contributed by atoms with Crippen LogP contribution in [0.15, 0.2) is 144 Å². The first-order valence-corrected chi connectivity index (χ1v) is 13.8. The Labute approximate surface area is 240 Å². The summed E-state index contributed by atoms with van der Waals surface area (Å²) >= 11 is 0. The van der Waals surface area contributed by atoms with Crippen molar-refractivity contribution in [3.8, 4) is 39.9 Å². The van der Waals surface area contributed by atoms with E-state index in [2.05, 4.69) is 4.40 Å². The zero-order valence-corrected chi connectivity index (χ0v) is 22.4. The second-order valence-corrected chi connectivity index (χ2v) is 10.1. The van der Waals surface area contributed by atoms with E-state index < -0.39 is 0 Å². The Morgan fingerprint density at radius 1 is 0.476 bits per heavy atom. The number of nitrogens with zero attached hydrogens (tertiary/aromatic N) is 5. The van der Waals surface area contributed by atoms with Crippen LogP contribution in [0.2, 0.25) is 0 Å². The molecule has 0 amide bonds. The van der Waals surface area contributed by atoms with Crippen molar-refractivity contribution in [1.29, 1.82) is 0 Å². The van der Waals surface area contributed by atoms with Gasteiger partial charge in [-0.25, -0.2) is 15.0 Å². The summed E-state index contributed by atoms with van der Waals surface area (Å²) in [6.07, 6.45) is 0. The fourth-order valence-electron chi connectivity index (χ4n) is 5.67. The molecule has 0 radical (unpaired) electrons. The molecule has 0 aliphatic rings. The highest BCUT2D eigenvalue weighted by atomic mass is 16.1. The van der Waals surface area contributed by atoms with E-state index in [4.69, 9.17) is 15.0 Å². The molecule has 0 aliphatic heterocycles. The molecule has 8 rings (SSSR count). The quantitative estimate of drug-likeness (QED) is 0.230. The summed E-state index contributed by atoms with van der Waals surface area (Å²) < 4.78 is 3.83. The van der Waals surface area contributed by atoms with Gasteiger partial charge in [0.1, 0.15) is 5.52 Å². The van der Waals surface area contributed by atoms with Crippen LogP contribution in [0.5, 0.6) is 0 Å². The van der Waals surface area contributed by atoms with Gasteiger partial charge in [0.25, 0.3) is 5.56 Å². The largest absolute Gasteiger partial charge is 0.302 e. The van der Waals surface area contributed by atoms with Gasteiger partial charge < -0.3 is 4.40 Å². The number of hydrogen-bond acceptors (Lipinski definition) is 4. The molecule has 0 aliphatic carbocycles. The molecule has 0 spiro atoms. The van der Waals surface area contributed by atoms with Gasteiger partial charge in [0.05, 0.1) is 16.6 Å². The Morgan fingerprint density at radius 3 is 1.69 bits per heavy atom. The average Bonchev–Trinajstić information content (AvgIpc) is 3.46. The highest BCUT2D eigenvalue weighted by molar-refractivity contribution is 5.99. The number of fused-ring (bicyclic) bond motifs is 5. The normalized spacial score (nSPS) is 11.4. The minimum atomic E-state index is -0.0901. The molecule has 6 nitrogen and oxygen atoms in total. The van der Waals surface area contributed by atoms with Crippen molar-refractivity contribution in [2.24, 2.45) is 0 Å². The zero-order valence-electron chi connectivity index (χ0n) is 22.4. The molecular formula is C36H23N5O. The number of hydrogen-bond donors (Lipinski definition) is 0. The van der Waals surface area contributed by atoms with Crippen molar-refractivity contribution >= 4 is 27.5 Å². The first kappa shape index (κ1) is 24.0. The smallest absolute Gasteiger partial charge is 0.279 e. The van der Waals surface area contributed by atoms with Gasteiger partial charge >= 0.3 is 0 Å². The Morgan fingerprint density at radius 2 is 1.02 bits per heavy atom. The average molecular weight is 542 g/mol. The van der Waals surface area contributed by atoms with Crippen LogP contribution >= 0.6 is 0 Å². The predicted octanol–water partition coefficient (Wildman–Crippen LogP) is 7.58. The van der Waals surface area contributed by atoms with Crippen LogP contribution in [0, 0.1) is 0 Å². The molecule has 0 saturated carbocycles. The third-order valence-corrected chi connectivity index (χ3v) is 7.57. The zero-order chi connectivity index (χ0) is 28.0. The second kappa shape index (κ2) is 9.64.